The molecule has 1 atom stereocenters. The van der Waals surface area contributed by atoms with Crippen LogP contribution in [-0.4, -0.2) is 21.1 Å². The highest BCUT2D eigenvalue weighted by atomic mass is 35.5. The van der Waals surface area contributed by atoms with Gasteiger partial charge in [0.15, 0.2) is 5.13 Å². The summed E-state index contributed by atoms with van der Waals surface area (Å²) in [7, 11) is 0. The van der Waals surface area contributed by atoms with Crippen molar-refractivity contribution < 1.29 is 4.79 Å². The molecule has 154 valence electrons. The van der Waals surface area contributed by atoms with Crippen molar-refractivity contribution in [1.29, 1.82) is 5.26 Å². The Morgan fingerprint density at radius 2 is 1.97 bits per heavy atom. The van der Waals surface area contributed by atoms with E-state index in [2.05, 4.69) is 21.4 Å². The largest absolute Gasteiger partial charge is 0.301 e. The van der Waals surface area contributed by atoms with E-state index in [0.29, 0.717) is 31.5 Å². The number of pyridine rings is 1. The maximum Gasteiger partial charge on any atom is 0.239 e. The molecular formula is C21H18Cl2N4OS2. The molecule has 0 fully saturated rings. The normalized spacial score (nSPS) is 11.9. The number of aromatic nitrogens is 2. The SMILES string of the molecule is CC(Sc1nc(C(C)C)ccc1C#N)C(=O)Nc1nc(-c2ccc(Cl)cc2Cl)cs1. The second-order valence-corrected chi connectivity index (χ2v) is 9.80. The van der Waals surface area contributed by atoms with E-state index in [1.165, 1.54) is 23.1 Å². The minimum absolute atomic E-state index is 0.219. The van der Waals surface area contributed by atoms with Gasteiger partial charge in [-0.3, -0.25) is 4.79 Å². The second-order valence-electron chi connectivity index (χ2n) is 6.77. The van der Waals surface area contributed by atoms with Crippen LogP contribution in [0.1, 0.15) is 37.9 Å². The number of rotatable bonds is 6. The molecule has 2 aromatic heterocycles. The Morgan fingerprint density at radius 3 is 2.63 bits per heavy atom. The zero-order chi connectivity index (χ0) is 21.8. The molecule has 3 rings (SSSR count). The number of carbonyl (C=O) groups is 1. The molecule has 0 saturated carbocycles. The fourth-order valence-corrected chi connectivity index (χ4v) is 4.65. The van der Waals surface area contributed by atoms with Crippen LogP contribution in [0.5, 0.6) is 0 Å². The maximum absolute atomic E-state index is 12.7. The minimum atomic E-state index is -0.460. The van der Waals surface area contributed by atoms with E-state index in [0.717, 1.165) is 11.3 Å². The lowest BCUT2D eigenvalue weighted by atomic mass is 10.1. The molecule has 2 heterocycles. The lowest BCUT2D eigenvalue weighted by molar-refractivity contribution is -0.115. The van der Waals surface area contributed by atoms with Gasteiger partial charge in [0.25, 0.3) is 0 Å². The fourth-order valence-electron chi connectivity index (χ4n) is 2.53. The summed E-state index contributed by atoms with van der Waals surface area (Å²) in [6.45, 7) is 5.84. The van der Waals surface area contributed by atoms with Crippen molar-refractivity contribution in [3.8, 4) is 17.3 Å². The van der Waals surface area contributed by atoms with E-state index in [1.54, 1.807) is 31.2 Å². The van der Waals surface area contributed by atoms with Gasteiger partial charge in [0, 0.05) is 21.7 Å². The number of halogens is 2. The number of thioether (sulfide) groups is 1. The number of hydrogen-bond acceptors (Lipinski definition) is 6. The average Bonchev–Trinajstić information content (AvgIpc) is 3.15. The van der Waals surface area contributed by atoms with Crippen molar-refractivity contribution in [3.05, 3.63) is 57.0 Å². The first-order valence-electron chi connectivity index (χ1n) is 9.08. The molecular weight excluding hydrogens is 459 g/mol. The van der Waals surface area contributed by atoms with Crippen molar-refractivity contribution >= 4 is 57.3 Å². The van der Waals surface area contributed by atoms with Crippen LogP contribution < -0.4 is 5.32 Å². The predicted octanol–water partition coefficient (Wildman–Crippen LogP) is 6.63. The molecule has 0 bridgehead atoms. The Morgan fingerprint density at radius 1 is 1.20 bits per heavy atom. The monoisotopic (exact) mass is 476 g/mol. The Labute approximate surface area is 193 Å². The number of benzene rings is 1. The third-order valence-electron chi connectivity index (χ3n) is 4.19. The van der Waals surface area contributed by atoms with Crippen LogP contribution in [-0.2, 0) is 4.79 Å². The molecule has 1 amide bonds. The molecule has 0 saturated heterocycles. The van der Waals surface area contributed by atoms with Crippen LogP contribution in [0.4, 0.5) is 5.13 Å². The first-order chi connectivity index (χ1) is 14.3. The van der Waals surface area contributed by atoms with Gasteiger partial charge in [0.1, 0.15) is 11.1 Å². The summed E-state index contributed by atoms with van der Waals surface area (Å²) in [5.41, 5.74) is 2.75. The van der Waals surface area contributed by atoms with Crippen molar-refractivity contribution in [2.45, 2.75) is 37.0 Å². The highest BCUT2D eigenvalue weighted by molar-refractivity contribution is 8.00. The summed E-state index contributed by atoms with van der Waals surface area (Å²) in [4.78, 5) is 21.7. The van der Waals surface area contributed by atoms with Gasteiger partial charge in [0.2, 0.25) is 5.91 Å². The Bertz CT molecular complexity index is 1120. The Kier molecular flexibility index (Phi) is 7.37. The van der Waals surface area contributed by atoms with Gasteiger partial charge in [-0.05, 0) is 43.2 Å². The lowest BCUT2D eigenvalue weighted by Crippen LogP contribution is -2.22. The molecule has 3 aromatic rings. The number of nitriles is 1. The van der Waals surface area contributed by atoms with Crippen molar-refractivity contribution in [3.63, 3.8) is 0 Å². The Balaban J connectivity index is 1.72. The smallest absolute Gasteiger partial charge is 0.239 e. The maximum atomic E-state index is 12.7. The summed E-state index contributed by atoms with van der Waals surface area (Å²) in [5, 5.41) is 15.6. The van der Waals surface area contributed by atoms with Crippen LogP contribution in [0.3, 0.4) is 0 Å². The number of nitrogens with zero attached hydrogens (tertiary/aromatic N) is 3. The van der Waals surface area contributed by atoms with Crippen LogP contribution in [0.15, 0.2) is 40.7 Å². The summed E-state index contributed by atoms with van der Waals surface area (Å²) < 4.78 is 0. The highest BCUT2D eigenvalue weighted by Crippen LogP contribution is 2.33. The van der Waals surface area contributed by atoms with Crippen LogP contribution >= 0.6 is 46.3 Å². The summed E-state index contributed by atoms with van der Waals surface area (Å²) in [6, 6.07) is 10.9. The molecule has 9 heteroatoms. The summed E-state index contributed by atoms with van der Waals surface area (Å²) in [5.74, 6) is 0.0124. The summed E-state index contributed by atoms with van der Waals surface area (Å²) >= 11 is 14.7. The molecule has 1 aromatic carbocycles. The van der Waals surface area contributed by atoms with Crippen LogP contribution in [0, 0.1) is 11.3 Å². The molecule has 0 spiro atoms. The highest BCUT2D eigenvalue weighted by Gasteiger charge is 2.20. The van der Waals surface area contributed by atoms with Gasteiger partial charge < -0.3 is 5.32 Å². The van der Waals surface area contributed by atoms with E-state index < -0.39 is 5.25 Å². The minimum Gasteiger partial charge on any atom is -0.301 e. The first-order valence-corrected chi connectivity index (χ1v) is 11.6. The van der Waals surface area contributed by atoms with Crippen LogP contribution in [0.25, 0.3) is 11.3 Å². The first kappa shape index (κ1) is 22.6. The van der Waals surface area contributed by atoms with Gasteiger partial charge in [0.05, 0.1) is 21.5 Å². The van der Waals surface area contributed by atoms with E-state index in [-0.39, 0.29) is 11.8 Å². The predicted molar refractivity (Wildman–Crippen MR) is 125 cm³/mol. The number of amides is 1. The molecule has 5 nitrogen and oxygen atoms in total. The molecule has 30 heavy (non-hydrogen) atoms. The average molecular weight is 477 g/mol. The standard InChI is InChI=1S/C21H18Cl2N4OS2/c1-11(2)17-7-4-13(9-24)20(25-17)30-12(3)19(28)27-21-26-18(10-29-21)15-6-5-14(22)8-16(15)23/h4-8,10-12H,1-3H3,(H,26,27,28). The van der Waals surface area contributed by atoms with Crippen molar-refractivity contribution in [2.24, 2.45) is 0 Å². The number of hydrogen-bond donors (Lipinski definition) is 1. The number of anilines is 1. The van der Waals surface area contributed by atoms with E-state index >= 15 is 0 Å². The molecule has 1 unspecified atom stereocenters. The van der Waals surface area contributed by atoms with E-state index in [9.17, 15) is 10.1 Å². The van der Waals surface area contributed by atoms with Crippen molar-refractivity contribution in [2.75, 3.05) is 5.32 Å². The quantitative estimate of drug-likeness (QED) is 0.404. The summed E-state index contributed by atoms with van der Waals surface area (Å²) in [6.07, 6.45) is 0. The van der Waals surface area contributed by atoms with Gasteiger partial charge in [-0.2, -0.15) is 5.26 Å². The third-order valence-corrected chi connectivity index (χ3v) is 6.60. The van der Waals surface area contributed by atoms with Gasteiger partial charge in [-0.1, -0.05) is 48.8 Å². The zero-order valence-electron chi connectivity index (χ0n) is 16.4. The third kappa shape index (κ3) is 5.32. The zero-order valence-corrected chi connectivity index (χ0v) is 19.6. The number of nitrogens with one attached hydrogen (secondary N) is 1. The van der Waals surface area contributed by atoms with E-state index in [4.69, 9.17) is 23.2 Å². The van der Waals surface area contributed by atoms with Crippen molar-refractivity contribution in [1.82, 2.24) is 9.97 Å². The molecule has 0 radical (unpaired) electrons. The number of thiazole rings is 1. The van der Waals surface area contributed by atoms with E-state index in [1.807, 2.05) is 25.3 Å². The second kappa shape index (κ2) is 9.80. The molecule has 0 aliphatic rings. The topological polar surface area (TPSA) is 78.7 Å². The molecule has 0 aliphatic heterocycles. The number of carbonyl (C=O) groups excluding carboxylic acids is 1. The lowest BCUT2D eigenvalue weighted by Gasteiger charge is -2.13. The van der Waals surface area contributed by atoms with Gasteiger partial charge in [-0.25, -0.2) is 9.97 Å². The Hall–Kier alpha value is -2.11. The van der Waals surface area contributed by atoms with Gasteiger partial charge in [-0.15, -0.1) is 11.3 Å². The molecule has 0 aliphatic carbocycles. The van der Waals surface area contributed by atoms with Gasteiger partial charge >= 0.3 is 0 Å². The fraction of sp³-hybridized carbons (Fsp3) is 0.238. The molecule has 1 N–H and O–H groups in total. The van der Waals surface area contributed by atoms with Crippen LogP contribution in [0.2, 0.25) is 10.0 Å².